The molecular weight excluding hydrogens is 335 g/mol. The van der Waals surface area contributed by atoms with Crippen LogP contribution in [0.1, 0.15) is 17.0 Å². The van der Waals surface area contributed by atoms with Crippen LogP contribution in [0.3, 0.4) is 0 Å². The highest BCUT2D eigenvalue weighted by atomic mass is 35.5. The number of halogens is 2. The fraction of sp³-hybridized carbons (Fsp3) is 0.0588. The van der Waals surface area contributed by atoms with Crippen LogP contribution in [0, 0.1) is 0 Å². The molecule has 1 aromatic heterocycles. The molecule has 0 aliphatic rings. The molecule has 2 aromatic carbocycles. The van der Waals surface area contributed by atoms with Crippen LogP contribution in [0.25, 0.3) is 17.1 Å². The van der Waals surface area contributed by atoms with Crippen molar-refractivity contribution in [2.24, 2.45) is 0 Å². The van der Waals surface area contributed by atoms with Crippen molar-refractivity contribution in [1.82, 2.24) is 9.97 Å². The molecule has 3 aromatic rings. The maximum atomic E-state index is 10.5. The second-order valence-electron chi connectivity index (χ2n) is 4.93. The summed E-state index contributed by atoms with van der Waals surface area (Å²) in [7, 11) is 0. The maximum Gasteiger partial charge on any atom is 0.328 e. The third-order valence-electron chi connectivity index (χ3n) is 3.26. The van der Waals surface area contributed by atoms with Gasteiger partial charge >= 0.3 is 5.97 Å². The number of aromatic nitrogens is 2. The zero-order valence-electron chi connectivity index (χ0n) is 12.0. The van der Waals surface area contributed by atoms with E-state index in [-0.39, 0.29) is 12.4 Å². The molecule has 0 saturated carbocycles. The highest BCUT2D eigenvalue weighted by Crippen LogP contribution is 2.18. The summed E-state index contributed by atoms with van der Waals surface area (Å²) >= 11 is 5.96. The van der Waals surface area contributed by atoms with Crippen molar-refractivity contribution in [2.45, 2.75) is 6.42 Å². The van der Waals surface area contributed by atoms with Gasteiger partial charge in [0.05, 0.1) is 11.0 Å². The Morgan fingerprint density at radius 3 is 2.65 bits per heavy atom. The number of carboxylic acid groups (broad SMARTS) is 1. The van der Waals surface area contributed by atoms with Crippen molar-refractivity contribution in [1.29, 1.82) is 0 Å². The lowest BCUT2D eigenvalue weighted by Gasteiger charge is -1.99. The lowest BCUT2D eigenvalue weighted by Crippen LogP contribution is -1.91. The number of rotatable bonds is 4. The van der Waals surface area contributed by atoms with Crippen LogP contribution in [0.4, 0.5) is 0 Å². The average molecular weight is 349 g/mol. The molecule has 2 N–H and O–H groups in total. The Bertz CT molecular complexity index is 855. The van der Waals surface area contributed by atoms with E-state index in [0.717, 1.165) is 34.1 Å². The molecule has 118 valence electrons. The van der Waals surface area contributed by atoms with Crippen LogP contribution < -0.4 is 0 Å². The van der Waals surface area contributed by atoms with E-state index in [1.54, 1.807) is 6.08 Å². The van der Waals surface area contributed by atoms with E-state index in [4.69, 9.17) is 16.7 Å². The van der Waals surface area contributed by atoms with Crippen LogP contribution in [-0.4, -0.2) is 21.0 Å². The van der Waals surface area contributed by atoms with Crippen molar-refractivity contribution in [3.05, 3.63) is 70.5 Å². The molecule has 0 fully saturated rings. The predicted molar refractivity (Wildman–Crippen MR) is 94.3 cm³/mol. The molecule has 0 unspecified atom stereocenters. The zero-order chi connectivity index (χ0) is 15.5. The summed E-state index contributed by atoms with van der Waals surface area (Å²) in [5.74, 6) is -0.0869. The summed E-state index contributed by atoms with van der Waals surface area (Å²) < 4.78 is 0. The Morgan fingerprint density at radius 1 is 1.22 bits per heavy atom. The molecule has 0 radical (unpaired) electrons. The van der Waals surface area contributed by atoms with Crippen molar-refractivity contribution in [3.63, 3.8) is 0 Å². The number of hydrogen-bond acceptors (Lipinski definition) is 2. The van der Waals surface area contributed by atoms with Gasteiger partial charge in [0.2, 0.25) is 0 Å². The molecule has 4 nitrogen and oxygen atoms in total. The average Bonchev–Trinajstić information content (AvgIpc) is 2.87. The smallest absolute Gasteiger partial charge is 0.328 e. The number of carboxylic acids is 1. The number of imidazole rings is 1. The first-order valence-corrected chi connectivity index (χ1v) is 7.12. The minimum atomic E-state index is -0.954. The van der Waals surface area contributed by atoms with Crippen LogP contribution in [0.5, 0.6) is 0 Å². The number of fused-ring (bicyclic) bond motifs is 1. The minimum absolute atomic E-state index is 0. The number of nitrogens with zero attached hydrogens (tertiary/aromatic N) is 1. The van der Waals surface area contributed by atoms with Crippen LogP contribution in [0.2, 0.25) is 5.02 Å². The fourth-order valence-corrected chi connectivity index (χ4v) is 2.40. The summed E-state index contributed by atoms with van der Waals surface area (Å²) in [6.45, 7) is 0. The highest BCUT2D eigenvalue weighted by molar-refractivity contribution is 6.31. The number of carbonyl (C=O) groups is 1. The fourth-order valence-electron chi connectivity index (χ4n) is 2.23. The monoisotopic (exact) mass is 348 g/mol. The Morgan fingerprint density at radius 2 is 1.96 bits per heavy atom. The zero-order valence-corrected chi connectivity index (χ0v) is 13.6. The largest absolute Gasteiger partial charge is 0.478 e. The Labute approximate surface area is 144 Å². The van der Waals surface area contributed by atoms with Gasteiger partial charge in [-0.05, 0) is 35.4 Å². The van der Waals surface area contributed by atoms with Gasteiger partial charge in [-0.2, -0.15) is 0 Å². The van der Waals surface area contributed by atoms with Crippen molar-refractivity contribution >= 4 is 47.1 Å². The number of nitrogens with one attached hydrogen (secondary N) is 1. The number of aromatic amines is 1. The highest BCUT2D eigenvalue weighted by Gasteiger charge is 2.04. The molecule has 0 amide bonds. The topological polar surface area (TPSA) is 66.0 Å². The third-order valence-corrected chi connectivity index (χ3v) is 3.50. The second-order valence-corrected chi connectivity index (χ2v) is 5.37. The number of aliphatic carboxylic acids is 1. The second kappa shape index (κ2) is 7.31. The molecule has 1 heterocycles. The first kappa shape index (κ1) is 17.1. The molecular formula is C17H14Cl2N2O2. The summed E-state index contributed by atoms with van der Waals surface area (Å²) in [5.41, 5.74) is 3.75. The molecule has 0 saturated heterocycles. The van der Waals surface area contributed by atoms with Crippen LogP contribution in [-0.2, 0) is 11.2 Å². The predicted octanol–water partition coefficient (Wildman–Crippen LogP) is 4.33. The van der Waals surface area contributed by atoms with Crippen LogP contribution >= 0.6 is 24.0 Å². The maximum absolute atomic E-state index is 10.5. The van der Waals surface area contributed by atoms with Gasteiger partial charge in [0, 0.05) is 17.5 Å². The van der Waals surface area contributed by atoms with Crippen molar-refractivity contribution < 1.29 is 9.90 Å². The number of H-pyrrole nitrogens is 1. The van der Waals surface area contributed by atoms with Crippen molar-refractivity contribution in [2.75, 3.05) is 0 Å². The first-order valence-electron chi connectivity index (χ1n) is 6.74. The van der Waals surface area contributed by atoms with Crippen LogP contribution in [0.15, 0.2) is 48.5 Å². The Kier molecular flexibility index (Phi) is 5.42. The van der Waals surface area contributed by atoms with Crippen molar-refractivity contribution in [3.8, 4) is 0 Å². The standard InChI is InChI=1S/C17H13ClN2O2.ClH/c18-13-6-7-14-15(10-13)20-16(19-14)9-12-3-1-11(2-4-12)5-8-17(21)22;/h1-8,10H,9H2,(H,19,20)(H,21,22);1H/b8-5+;. The van der Waals surface area contributed by atoms with Gasteiger partial charge < -0.3 is 10.1 Å². The Balaban J connectivity index is 0.00000192. The normalized spacial score (nSPS) is 10.8. The molecule has 23 heavy (non-hydrogen) atoms. The van der Waals surface area contributed by atoms with Gasteiger partial charge in [-0.15, -0.1) is 12.4 Å². The van der Waals surface area contributed by atoms with Gasteiger partial charge in [-0.1, -0.05) is 35.9 Å². The lowest BCUT2D eigenvalue weighted by molar-refractivity contribution is -0.131. The van der Waals surface area contributed by atoms with E-state index < -0.39 is 5.97 Å². The molecule has 6 heteroatoms. The summed E-state index contributed by atoms with van der Waals surface area (Å²) in [4.78, 5) is 18.3. The quantitative estimate of drug-likeness (QED) is 0.689. The molecule has 0 atom stereocenters. The summed E-state index contributed by atoms with van der Waals surface area (Å²) in [6, 6.07) is 13.2. The molecule has 0 spiro atoms. The molecule has 3 rings (SSSR count). The summed E-state index contributed by atoms with van der Waals surface area (Å²) in [5, 5.41) is 9.28. The van der Waals surface area contributed by atoms with E-state index in [0.29, 0.717) is 11.4 Å². The molecule has 0 bridgehead atoms. The SMILES string of the molecule is Cl.O=C(O)/C=C/c1ccc(Cc2nc3ccc(Cl)cc3[nH]2)cc1. The van der Waals surface area contributed by atoms with Gasteiger partial charge in [0.1, 0.15) is 5.82 Å². The lowest BCUT2D eigenvalue weighted by atomic mass is 10.1. The minimum Gasteiger partial charge on any atom is -0.478 e. The van der Waals surface area contributed by atoms with E-state index in [1.807, 2.05) is 42.5 Å². The van der Waals surface area contributed by atoms with Gasteiger partial charge in [0.25, 0.3) is 0 Å². The van der Waals surface area contributed by atoms with E-state index >= 15 is 0 Å². The van der Waals surface area contributed by atoms with Gasteiger partial charge in [-0.25, -0.2) is 9.78 Å². The molecule has 0 aliphatic heterocycles. The van der Waals surface area contributed by atoms with E-state index in [9.17, 15) is 4.79 Å². The van der Waals surface area contributed by atoms with E-state index in [2.05, 4.69) is 9.97 Å². The first-order chi connectivity index (χ1) is 10.6. The van der Waals surface area contributed by atoms with Gasteiger partial charge in [-0.3, -0.25) is 0 Å². The third kappa shape index (κ3) is 4.34. The van der Waals surface area contributed by atoms with Gasteiger partial charge in [0.15, 0.2) is 0 Å². The number of hydrogen-bond donors (Lipinski definition) is 2. The van der Waals surface area contributed by atoms with E-state index in [1.165, 1.54) is 0 Å². The number of benzene rings is 2. The molecule has 0 aliphatic carbocycles. The summed E-state index contributed by atoms with van der Waals surface area (Å²) in [6.07, 6.45) is 3.36. The Hall–Kier alpha value is -2.30.